The number of nitrogens with zero attached hydrogens (tertiary/aromatic N) is 2. The fraction of sp³-hybridized carbons (Fsp3) is 0.417. The van der Waals surface area contributed by atoms with E-state index in [0.717, 1.165) is 30.6 Å². The molecule has 2 aromatic rings. The van der Waals surface area contributed by atoms with Crippen LogP contribution in [0.2, 0.25) is 0 Å². The molecule has 1 aliphatic carbocycles. The van der Waals surface area contributed by atoms with Crippen LogP contribution < -0.4 is 15.4 Å². The third-order valence-corrected chi connectivity index (χ3v) is 5.63. The fourth-order valence-electron chi connectivity index (χ4n) is 3.42. The lowest BCUT2D eigenvalue weighted by atomic mass is 9.95. The predicted molar refractivity (Wildman–Crippen MR) is 121 cm³/mol. The predicted octanol–water partition coefficient (Wildman–Crippen LogP) is 2.73. The molecule has 2 aromatic carbocycles. The number of hydrogen-bond donors (Lipinski definition) is 2. The summed E-state index contributed by atoms with van der Waals surface area (Å²) in [6.07, 6.45) is 2.65. The van der Waals surface area contributed by atoms with E-state index >= 15 is 0 Å². The van der Waals surface area contributed by atoms with Gasteiger partial charge in [0.2, 0.25) is 5.91 Å². The number of methoxy groups -OCH3 is 1. The molecular formula is C24H31FN4O2. The standard InChI is InChI=1S/C24H31FN4O2/c1-29(2)22(30)16-27-23(26-15-12-18-8-10-19(31-3)11-9-18)28-17-24(13-14-24)20-6-4-5-7-21(20)25/h4-11H,12-17H2,1-3H3,(H2,26,27,28). The molecule has 1 fully saturated rings. The quantitative estimate of drug-likeness (QED) is 0.478. The normalized spacial score (nSPS) is 14.6. The summed E-state index contributed by atoms with van der Waals surface area (Å²) in [7, 11) is 5.06. The number of guanidine groups is 1. The minimum absolute atomic E-state index is 0.0531. The first-order chi connectivity index (χ1) is 14.9. The van der Waals surface area contributed by atoms with E-state index in [4.69, 9.17) is 4.74 Å². The van der Waals surface area contributed by atoms with E-state index in [1.807, 2.05) is 36.4 Å². The van der Waals surface area contributed by atoms with Crippen LogP contribution in [0.25, 0.3) is 0 Å². The zero-order chi connectivity index (χ0) is 22.3. The molecule has 3 rings (SSSR count). The van der Waals surface area contributed by atoms with Gasteiger partial charge in [-0.2, -0.15) is 0 Å². The Morgan fingerprint density at radius 1 is 1.13 bits per heavy atom. The molecule has 0 bridgehead atoms. The molecule has 0 unspecified atom stereocenters. The smallest absolute Gasteiger partial charge is 0.243 e. The number of hydrogen-bond acceptors (Lipinski definition) is 3. The molecule has 2 N–H and O–H groups in total. The van der Waals surface area contributed by atoms with Crippen molar-refractivity contribution in [1.82, 2.24) is 15.5 Å². The van der Waals surface area contributed by atoms with Gasteiger partial charge in [0, 0.05) is 32.6 Å². The van der Waals surface area contributed by atoms with Gasteiger partial charge in [-0.1, -0.05) is 30.3 Å². The van der Waals surface area contributed by atoms with Gasteiger partial charge in [-0.25, -0.2) is 9.38 Å². The Labute approximate surface area is 183 Å². The number of likely N-dealkylation sites (N-methyl/N-ethyl adjacent to an activating group) is 1. The van der Waals surface area contributed by atoms with Crippen molar-refractivity contribution in [2.24, 2.45) is 4.99 Å². The summed E-state index contributed by atoms with van der Waals surface area (Å²) in [4.78, 5) is 17.9. The Hall–Kier alpha value is -3.09. The molecular weight excluding hydrogens is 395 g/mol. The monoisotopic (exact) mass is 426 g/mol. The van der Waals surface area contributed by atoms with Crippen molar-refractivity contribution in [3.05, 3.63) is 65.5 Å². The average Bonchev–Trinajstić information content (AvgIpc) is 3.56. The Morgan fingerprint density at radius 3 is 2.45 bits per heavy atom. The number of carbonyl (C=O) groups is 1. The Kier molecular flexibility index (Phi) is 7.50. The number of aliphatic imine (C=N–C) groups is 1. The third-order valence-electron chi connectivity index (χ3n) is 5.63. The fourth-order valence-corrected chi connectivity index (χ4v) is 3.42. The van der Waals surface area contributed by atoms with E-state index in [1.54, 1.807) is 27.3 Å². The molecule has 0 atom stereocenters. The number of nitrogens with one attached hydrogen (secondary N) is 2. The zero-order valence-corrected chi connectivity index (χ0v) is 18.5. The van der Waals surface area contributed by atoms with Crippen LogP contribution in [0.3, 0.4) is 0 Å². The molecule has 1 aliphatic rings. The second-order valence-corrected chi connectivity index (χ2v) is 8.09. The maximum atomic E-state index is 14.3. The van der Waals surface area contributed by atoms with Crippen LogP contribution in [0.15, 0.2) is 53.5 Å². The number of benzene rings is 2. The molecule has 0 aromatic heterocycles. The van der Waals surface area contributed by atoms with E-state index < -0.39 is 0 Å². The molecule has 0 radical (unpaired) electrons. The van der Waals surface area contributed by atoms with E-state index in [9.17, 15) is 9.18 Å². The molecule has 6 nitrogen and oxygen atoms in total. The van der Waals surface area contributed by atoms with E-state index in [1.165, 1.54) is 16.5 Å². The summed E-state index contributed by atoms with van der Waals surface area (Å²) < 4.78 is 19.5. The van der Waals surface area contributed by atoms with Gasteiger partial charge in [-0.3, -0.25) is 4.79 Å². The number of amides is 1. The van der Waals surface area contributed by atoms with Crippen LogP contribution in [0, 0.1) is 5.82 Å². The Bertz CT molecular complexity index is 908. The highest BCUT2D eigenvalue weighted by atomic mass is 19.1. The second-order valence-electron chi connectivity index (χ2n) is 8.09. The molecule has 0 aliphatic heterocycles. The zero-order valence-electron chi connectivity index (χ0n) is 18.5. The van der Waals surface area contributed by atoms with Crippen molar-refractivity contribution < 1.29 is 13.9 Å². The van der Waals surface area contributed by atoms with Crippen LogP contribution in [0.5, 0.6) is 5.75 Å². The molecule has 0 heterocycles. The van der Waals surface area contributed by atoms with Gasteiger partial charge >= 0.3 is 0 Å². The van der Waals surface area contributed by atoms with Gasteiger partial charge in [0.1, 0.15) is 18.1 Å². The molecule has 31 heavy (non-hydrogen) atoms. The van der Waals surface area contributed by atoms with Crippen molar-refractivity contribution in [2.75, 3.05) is 40.8 Å². The highest BCUT2D eigenvalue weighted by Gasteiger charge is 2.45. The van der Waals surface area contributed by atoms with Gasteiger partial charge in [-0.15, -0.1) is 0 Å². The summed E-state index contributed by atoms with van der Waals surface area (Å²) in [6, 6.07) is 14.9. The lowest BCUT2D eigenvalue weighted by Crippen LogP contribution is -2.43. The highest BCUT2D eigenvalue weighted by Crippen LogP contribution is 2.48. The molecule has 166 valence electrons. The van der Waals surface area contributed by atoms with Crippen molar-refractivity contribution in [1.29, 1.82) is 0 Å². The lowest BCUT2D eigenvalue weighted by Gasteiger charge is -2.20. The van der Waals surface area contributed by atoms with Gasteiger partial charge in [-0.05, 0) is 48.6 Å². The van der Waals surface area contributed by atoms with Crippen LogP contribution in [-0.4, -0.2) is 57.6 Å². The average molecular weight is 427 g/mol. The largest absolute Gasteiger partial charge is 0.497 e. The molecule has 1 amide bonds. The van der Waals surface area contributed by atoms with Crippen molar-refractivity contribution in [3.8, 4) is 5.75 Å². The van der Waals surface area contributed by atoms with E-state index in [0.29, 0.717) is 19.0 Å². The maximum Gasteiger partial charge on any atom is 0.243 e. The van der Waals surface area contributed by atoms with Crippen molar-refractivity contribution >= 4 is 11.9 Å². The van der Waals surface area contributed by atoms with Gasteiger partial charge in [0.25, 0.3) is 0 Å². The first-order valence-corrected chi connectivity index (χ1v) is 10.5. The molecule has 1 saturated carbocycles. The summed E-state index contributed by atoms with van der Waals surface area (Å²) in [5.41, 5.74) is 1.70. The molecule has 7 heteroatoms. The Balaban J connectivity index is 1.61. The Morgan fingerprint density at radius 2 is 1.84 bits per heavy atom. The third kappa shape index (κ3) is 6.20. The maximum absolute atomic E-state index is 14.3. The van der Waals surface area contributed by atoms with Crippen molar-refractivity contribution in [2.45, 2.75) is 24.7 Å². The minimum atomic E-state index is -0.213. The van der Waals surface area contributed by atoms with Gasteiger partial charge in [0.05, 0.1) is 7.11 Å². The van der Waals surface area contributed by atoms with Gasteiger partial charge < -0.3 is 20.3 Å². The van der Waals surface area contributed by atoms with E-state index in [-0.39, 0.29) is 23.7 Å². The van der Waals surface area contributed by atoms with E-state index in [2.05, 4.69) is 15.6 Å². The number of ether oxygens (including phenoxy) is 1. The lowest BCUT2D eigenvalue weighted by molar-refractivity contribution is -0.127. The second kappa shape index (κ2) is 10.3. The molecule has 0 spiro atoms. The van der Waals surface area contributed by atoms with Gasteiger partial charge in [0.15, 0.2) is 5.96 Å². The summed E-state index contributed by atoms with van der Waals surface area (Å²) in [5.74, 6) is 1.14. The van der Waals surface area contributed by atoms with Crippen LogP contribution in [-0.2, 0) is 16.6 Å². The number of carbonyl (C=O) groups excluding carboxylic acids is 1. The topological polar surface area (TPSA) is 66.0 Å². The first kappa shape index (κ1) is 22.6. The van der Waals surface area contributed by atoms with Crippen LogP contribution >= 0.6 is 0 Å². The summed E-state index contributed by atoms with van der Waals surface area (Å²) in [6.45, 7) is 1.27. The summed E-state index contributed by atoms with van der Waals surface area (Å²) in [5, 5.41) is 6.63. The molecule has 0 saturated heterocycles. The SMILES string of the molecule is COc1ccc(CCNC(=NCC(=O)N(C)C)NCC2(c3ccccc3F)CC2)cc1. The minimum Gasteiger partial charge on any atom is -0.497 e. The summed E-state index contributed by atoms with van der Waals surface area (Å²) >= 11 is 0. The highest BCUT2D eigenvalue weighted by molar-refractivity contribution is 5.84. The van der Waals surface area contributed by atoms with Crippen LogP contribution in [0.4, 0.5) is 4.39 Å². The first-order valence-electron chi connectivity index (χ1n) is 10.5. The van der Waals surface area contributed by atoms with Crippen LogP contribution in [0.1, 0.15) is 24.0 Å². The number of rotatable bonds is 9. The van der Waals surface area contributed by atoms with Crippen molar-refractivity contribution in [3.63, 3.8) is 0 Å². The number of halogens is 1.